The van der Waals surface area contributed by atoms with Gasteiger partial charge in [0.2, 0.25) is 0 Å². The Balaban J connectivity index is 3.93. The number of carbonyl (C=O) groups is 1. The first-order valence-corrected chi connectivity index (χ1v) is 7.12. The van der Waals surface area contributed by atoms with E-state index < -0.39 is 8.07 Å². The summed E-state index contributed by atoms with van der Waals surface area (Å²) in [6.07, 6.45) is 0.708. The maximum absolute atomic E-state index is 10.00. The summed E-state index contributed by atoms with van der Waals surface area (Å²) in [4.78, 5) is 10.00. The van der Waals surface area contributed by atoms with Crippen LogP contribution in [-0.2, 0) is 9.53 Å². The summed E-state index contributed by atoms with van der Waals surface area (Å²) in [6.45, 7) is 7.18. The molecule has 66 valence electrons. The Bertz CT molecular complexity index is 102. The number of ether oxygens (including phenoxy) is 1. The molecule has 0 N–H and O–H groups in total. The van der Waals surface area contributed by atoms with Crippen LogP contribution >= 0.6 is 0 Å². The molecular formula is C8H18O2Si. The van der Waals surface area contributed by atoms with Gasteiger partial charge in [-0.05, 0) is 0 Å². The molecule has 0 aliphatic heterocycles. The minimum Gasteiger partial charge on any atom is -0.472 e. The van der Waals surface area contributed by atoms with Gasteiger partial charge >= 0.3 is 0 Å². The lowest BCUT2D eigenvalue weighted by molar-refractivity contribution is -0.127. The summed E-state index contributed by atoms with van der Waals surface area (Å²) in [7, 11) is -1.19. The van der Waals surface area contributed by atoms with Crippen molar-refractivity contribution in [3.63, 3.8) is 0 Å². The van der Waals surface area contributed by atoms with Gasteiger partial charge in [-0.1, -0.05) is 38.9 Å². The second-order valence-electron chi connectivity index (χ2n) is 2.97. The van der Waals surface area contributed by atoms with Crippen molar-refractivity contribution < 1.29 is 9.53 Å². The molecule has 0 aromatic rings. The molecular weight excluding hydrogens is 156 g/mol. The quantitative estimate of drug-likeness (QED) is 0.456. The van der Waals surface area contributed by atoms with Gasteiger partial charge in [0.1, 0.15) is 0 Å². The highest BCUT2D eigenvalue weighted by Gasteiger charge is 2.27. The highest BCUT2D eigenvalue weighted by Crippen LogP contribution is 2.19. The molecule has 0 unspecified atom stereocenters. The van der Waals surface area contributed by atoms with Crippen molar-refractivity contribution in [2.45, 2.75) is 38.9 Å². The summed E-state index contributed by atoms with van der Waals surface area (Å²) in [5.74, 6) is 0. The van der Waals surface area contributed by atoms with E-state index in [1.807, 2.05) is 0 Å². The Labute approximate surface area is 69.9 Å². The van der Waals surface area contributed by atoms with Gasteiger partial charge in [-0.25, -0.2) is 0 Å². The molecule has 0 aliphatic carbocycles. The average molecular weight is 174 g/mol. The monoisotopic (exact) mass is 174 g/mol. The maximum Gasteiger partial charge on any atom is 0.292 e. The Morgan fingerprint density at radius 2 is 1.64 bits per heavy atom. The molecule has 0 spiro atoms. The van der Waals surface area contributed by atoms with E-state index in [4.69, 9.17) is 4.74 Å². The summed E-state index contributed by atoms with van der Waals surface area (Å²) in [5.41, 5.74) is 0. The smallest absolute Gasteiger partial charge is 0.292 e. The zero-order valence-electron chi connectivity index (χ0n) is 7.72. The first-order valence-electron chi connectivity index (χ1n) is 4.30. The molecule has 3 heteroatoms. The minimum absolute atomic E-state index is 0.572. The van der Waals surface area contributed by atoms with E-state index in [2.05, 4.69) is 20.8 Å². The Hall–Kier alpha value is -0.313. The van der Waals surface area contributed by atoms with Crippen molar-refractivity contribution >= 4 is 14.5 Å². The molecule has 11 heavy (non-hydrogen) atoms. The van der Waals surface area contributed by atoms with Gasteiger partial charge in [0.15, 0.2) is 0 Å². The van der Waals surface area contributed by atoms with Crippen molar-refractivity contribution in [1.82, 2.24) is 0 Å². The molecule has 0 aromatic heterocycles. The first kappa shape index (κ1) is 10.7. The van der Waals surface area contributed by atoms with Crippen LogP contribution in [0.4, 0.5) is 0 Å². The fourth-order valence-electron chi connectivity index (χ4n) is 1.27. The molecule has 0 atom stereocenters. The highest BCUT2D eigenvalue weighted by molar-refractivity contribution is 6.79. The van der Waals surface area contributed by atoms with E-state index in [0.717, 1.165) is 0 Å². The van der Waals surface area contributed by atoms with Crippen LogP contribution in [0.15, 0.2) is 0 Å². The third kappa shape index (κ3) is 3.06. The summed E-state index contributed by atoms with van der Waals surface area (Å²) >= 11 is 0. The standard InChI is InChI=1S/C8H18O2Si/c1-4-11(5-2,6-3)8-10-7-9/h7H,4-6,8H2,1-3H3. The third-order valence-electron chi connectivity index (χ3n) is 2.71. The molecule has 0 saturated heterocycles. The van der Waals surface area contributed by atoms with E-state index in [0.29, 0.717) is 12.7 Å². The van der Waals surface area contributed by atoms with E-state index in [1.54, 1.807) is 0 Å². The first-order chi connectivity index (χ1) is 5.24. The number of hydrogen-bond donors (Lipinski definition) is 0. The van der Waals surface area contributed by atoms with Gasteiger partial charge in [-0.15, -0.1) is 0 Å². The Morgan fingerprint density at radius 3 is 1.91 bits per heavy atom. The fraction of sp³-hybridized carbons (Fsp3) is 0.875. The molecule has 0 fully saturated rings. The van der Waals surface area contributed by atoms with Crippen molar-refractivity contribution in [3.05, 3.63) is 0 Å². The highest BCUT2D eigenvalue weighted by atomic mass is 28.3. The molecule has 0 heterocycles. The second kappa shape index (κ2) is 5.35. The molecule has 2 nitrogen and oxygen atoms in total. The van der Waals surface area contributed by atoms with Crippen LogP contribution in [0, 0.1) is 0 Å². The van der Waals surface area contributed by atoms with E-state index in [-0.39, 0.29) is 0 Å². The predicted molar refractivity (Wildman–Crippen MR) is 49.2 cm³/mol. The van der Waals surface area contributed by atoms with E-state index in [9.17, 15) is 4.79 Å². The van der Waals surface area contributed by atoms with E-state index >= 15 is 0 Å². The molecule has 0 bridgehead atoms. The van der Waals surface area contributed by atoms with Crippen molar-refractivity contribution in [3.8, 4) is 0 Å². The van der Waals surface area contributed by atoms with Crippen LogP contribution < -0.4 is 0 Å². The summed E-state index contributed by atoms with van der Waals surface area (Å²) in [6, 6.07) is 3.65. The van der Waals surface area contributed by atoms with Gasteiger partial charge in [0.25, 0.3) is 6.47 Å². The van der Waals surface area contributed by atoms with Crippen LogP contribution in [0.1, 0.15) is 20.8 Å². The van der Waals surface area contributed by atoms with Gasteiger partial charge < -0.3 is 4.74 Å². The molecule has 0 radical (unpaired) electrons. The molecule has 0 aromatic carbocycles. The van der Waals surface area contributed by atoms with Crippen LogP contribution in [0.25, 0.3) is 0 Å². The van der Waals surface area contributed by atoms with Crippen molar-refractivity contribution in [1.29, 1.82) is 0 Å². The van der Waals surface area contributed by atoms with Crippen LogP contribution in [0.3, 0.4) is 0 Å². The van der Waals surface area contributed by atoms with Crippen LogP contribution in [-0.4, -0.2) is 20.8 Å². The van der Waals surface area contributed by atoms with Crippen molar-refractivity contribution in [2.24, 2.45) is 0 Å². The largest absolute Gasteiger partial charge is 0.472 e. The van der Waals surface area contributed by atoms with E-state index in [1.165, 1.54) is 18.1 Å². The summed E-state index contributed by atoms with van der Waals surface area (Å²) in [5, 5.41) is 0. The normalized spacial score (nSPS) is 11.2. The minimum atomic E-state index is -1.19. The van der Waals surface area contributed by atoms with Gasteiger partial charge in [0.05, 0.1) is 14.3 Å². The maximum atomic E-state index is 10.00. The number of carbonyl (C=O) groups excluding carboxylic acids is 1. The predicted octanol–water partition coefficient (Wildman–Crippen LogP) is 2.21. The lowest BCUT2D eigenvalue weighted by Gasteiger charge is -2.25. The number of hydrogen-bond acceptors (Lipinski definition) is 2. The van der Waals surface area contributed by atoms with Gasteiger partial charge in [-0.2, -0.15) is 0 Å². The van der Waals surface area contributed by atoms with Gasteiger partial charge in [0, 0.05) is 0 Å². The third-order valence-corrected chi connectivity index (χ3v) is 7.99. The lowest BCUT2D eigenvalue weighted by Crippen LogP contribution is -2.37. The molecule has 0 rings (SSSR count). The second-order valence-corrected chi connectivity index (χ2v) is 8.38. The van der Waals surface area contributed by atoms with Crippen molar-refractivity contribution in [2.75, 3.05) is 6.23 Å². The van der Waals surface area contributed by atoms with Crippen LogP contribution in [0.5, 0.6) is 0 Å². The molecule has 0 aliphatic rings. The average Bonchev–Trinajstić information content (AvgIpc) is 2.08. The zero-order valence-corrected chi connectivity index (χ0v) is 8.72. The SMILES string of the molecule is CC[Si](CC)(CC)COC=O. The Morgan fingerprint density at radius 1 is 1.18 bits per heavy atom. The van der Waals surface area contributed by atoms with Crippen LogP contribution in [0.2, 0.25) is 18.1 Å². The molecule has 0 amide bonds. The number of rotatable bonds is 6. The Kier molecular flexibility index (Phi) is 5.20. The fourth-order valence-corrected chi connectivity index (χ4v) is 3.80. The topological polar surface area (TPSA) is 26.3 Å². The zero-order chi connectivity index (χ0) is 8.74. The van der Waals surface area contributed by atoms with Gasteiger partial charge in [-0.3, -0.25) is 4.79 Å². The lowest BCUT2D eigenvalue weighted by atomic mass is 10.9. The molecule has 0 saturated carbocycles. The summed E-state index contributed by atoms with van der Waals surface area (Å²) < 4.78 is 4.85.